The van der Waals surface area contributed by atoms with E-state index in [0.29, 0.717) is 27.0 Å². The zero-order chi connectivity index (χ0) is 51.4. The molecule has 6 aromatic heterocycles. The van der Waals surface area contributed by atoms with Gasteiger partial charge in [0, 0.05) is 80.9 Å². The summed E-state index contributed by atoms with van der Waals surface area (Å²) < 4.78 is 96.0. The maximum Gasteiger partial charge on any atom is 0.435 e. The van der Waals surface area contributed by atoms with E-state index in [1.807, 2.05) is 13.8 Å². The van der Waals surface area contributed by atoms with Gasteiger partial charge in [0.05, 0.1) is 21.3 Å². The first kappa shape index (κ1) is 50.5. The Morgan fingerprint density at radius 2 is 1.03 bits per heavy atom. The molecule has 0 saturated heterocycles. The van der Waals surface area contributed by atoms with Crippen LogP contribution in [0.15, 0.2) is 97.8 Å². The number of carbonyl (C=O) groups excluding carboxylic acids is 1. The second kappa shape index (κ2) is 20.7. The van der Waals surface area contributed by atoms with Crippen LogP contribution in [0, 0.1) is 13.8 Å². The molecule has 0 fully saturated rings. The lowest BCUT2D eigenvalue weighted by Crippen LogP contribution is -2.10. The predicted molar refractivity (Wildman–Crippen MR) is 245 cm³/mol. The normalized spacial score (nSPS) is 11.3. The number of aryl methyl sites for hydroxylation is 2. The van der Waals surface area contributed by atoms with Gasteiger partial charge in [0.2, 0.25) is 23.7 Å². The molecule has 366 valence electrons. The summed E-state index contributed by atoms with van der Waals surface area (Å²) in [6, 6.07) is 14.7. The SMILES string of the molecule is COC(=O)c1cc(-c2cnc(Nc3cc(C)cc(Cl)c3)nc2-n2ccc(C(F)(F)F)n2)cnc1OC.COc1ncc(-c2cnc(Nc3cc(C)cc(Cl)c3)nc2-n2ccc(C(F)(F)F)n2)cc1C(=O)O. The Morgan fingerprint density at radius 1 is 0.606 bits per heavy atom. The van der Waals surface area contributed by atoms with E-state index in [1.54, 1.807) is 36.4 Å². The summed E-state index contributed by atoms with van der Waals surface area (Å²) in [6.07, 6.45) is -1.73. The van der Waals surface area contributed by atoms with Crippen molar-refractivity contribution in [2.45, 2.75) is 26.2 Å². The van der Waals surface area contributed by atoms with Gasteiger partial charge in [-0.2, -0.15) is 46.5 Å². The number of pyridine rings is 2. The van der Waals surface area contributed by atoms with Gasteiger partial charge in [0.1, 0.15) is 11.1 Å². The van der Waals surface area contributed by atoms with E-state index < -0.39 is 35.7 Å². The number of hydrogen-bond donors (Lipinski definition) is 3. The number of aromatic carboxylic acids is 1. The number of esters is 1. The first-order valence-corrected chi connectivity index (χ1v) is 20.9. The van der Waals surface area contributed by atoms with E-state index in [2.05, 4.69) is 50.7 Å². The van der Waals surface area contributed by atoms with Crippen LogP contribution in [-0.4, -0.2) is 87.8 Å². The number of nitrogens with one attached hydrogen (secondary N) is 2. The van der Waals surface area contributed by atoms with Crippen LogP contribution in [0.3, 0.4) is 0 Å². The molecule has 26 heteroatoms. The molecule has 8 aromatic rings. The average molecular weight is 1020 g/mol. The topological polar surface area (TPSA) is 219 Å². The number of hydrogen-bond acceptors (Lipinski definition) is 15. The fourth-order valence-corrected chi connectivity index (χ4v) is 7.20. The van der Waals surface area contributed by atoms with Crippen LogP contribution >= 0.6 is 23.2 Å². The highest BCUT2D eigenvalue weighted by Crippen LogP contribution is 2.35. The Labute approximate surface area is 407 Å². The fraction of sp³-hybridized carbons (Fsp3) is 0.156. The third kappa shape index (κ3) is 11.9. The van der Waals surface area contributed by atoms with Crippen molar-refractivity contribution >= 4 is 58.4 Å². The maximum atomic E-state index is 13.2. The molecule has 0 aliphatic rings. The monoisotopic (exact) mass is 1020 g/mol. The number of anilines is 4. The maximum absolute atomic E-state index is 13.2. The van der Waals surface area contributed by atoms with Crippen molar-refractivity contribution in [2.24, 2.45) is 0 Å². The zero-order valence-electron chi connectivity index (χ0n) is 37.2. The standard InChI is InChI=1S/C23H18ClF3N6O3.C22H16ClF3N6O3/c1-12-6-14(24)9-15(7-12)30-22-29-11-17(13-8-16(21(34)36-3)20(35-2)28-10-13)19(31-22)33-5-4-18(32-33)23(25,26)27;1-11-5-13(23)8-14(6-11)29-21-28-10-16(12-7-15(20(33)34)19(35-2)27-9-12)18(30-21)32-4-3-17(31-32)22(24,25)26/h4-11H,1-3H3,(H,29,30,31);3-10H,1-2H3,(H,33,34)(H,28,29,30). The van der Waals surface area contributed by atoms with E-state index >= 15 is 0 Å². The molecule has 0 saturated carbocycles. The fourth-order valence-electron chi connectivity index (χ4n) is 6.62. The predicted octanol–water partition coefficient (Wildman–Crippen LogP) is 10.4. The summed E-state index contributed by atoms with van der Waals surface area (Å²) in [4.78, 5) is 49.2. The van der Waals surface area contributed by atoms with Gasteiger partial charge in [0.15, 0.2) is 23.0 Å². The quantitative estimate of drug-likeness (QED) is 0.0765. The van der Waals surface area contributed by atoms with Gasteiger partial charge >= 0.3 is 24.3 Å². The number of aromatic nitrogens is 10. The van der Waals surface area contributed by atoms with Crippen molar-refractivity contribution in [2.75, 3.05) is 32.0 Å². The minimum Gasteiger partial charge on any atom is -0.480 e. The lowest BCUT2D eigenvalue weighted by molar-refractivity contribution is -0.142. The number of nitrogens with zero attached hydrogens (tertiary/aromatic N) is 10. The number of carbonyl (C=O) groups is 2. The van der Waals surface area contributed by atoms with E-state index in [-0.39, 0.29) is 63.1 Å². The number of benzene rings is 2. The van der Waals surface area contributed by atoms with E-state index in [1.165, 1.54) is 58.2 Å². The summed E-state index contributed by atoms with van der Waals surface area (Å²) in [6.45, 7) is 3.69. The zero-order valence-corrected chi connectivity index (χ0v) is 38.7. The van der Waals surface area contributed by atoms with Crippen molar-refractivity contribution < 1.29 is 55.2 Å². The van der Waals surface area contributed by atoms with E-state index in [9.17, 15) is 41.0 Å². The third-order valence-corrected chi connectivity index (χ3v) is 10.1. The van der Waals surface area contributed by atoms with Crippen LogP contribution in [0.4, 0.5) is 49.6 Å². The molecule has 71 heavy (non-hydrogen) atoms. The second-order valence-electron chi connectivity index (χ2n) is 14.8. The molecule has 0 aliphatic carbocycles. The summed E-state index contributed by atoms with van der Waals surface area (Å²) in [5, 5.41) is 23.6. The Hall–Kier alpha value is -8.38. The van der Waals surface area contributed by atoms with Crippen LogP contribution in [0.2, 0.25) is 10.0 Å². The minimum atomic E-state index is -4.67. The first-order chi connectivity index (χ1) is 33.6. The number of methoxy groups -OCH3 is 3. The highest BCUT2D eigenvalue weighted by Gasteiger charge is 2.35. The van der Waals surface area contributed by atoms with Crippen molar-refractivity contribution in [3.8, 4) is 45.6 Å². The molecular formula is C45H34Cl2F6N12O6. The molecule has 3 N–H and O–H groups in total. The van der Waals surface area contributed by atoms with Crippen LogP contribution in [0.1, 0.15) is 43.2 Å². The largest absolute Gasteiger partial charge is 0.480 e. The van der Waals surface area contributed by atoms with Gasteiger partial charge in [-0.05, 0) is 85.6 Å². The summed E-state index contributed by atoms with van der Waals surface area (Å²) >= 11 is 12.2. The molecule has 0 spiro atoms. The van der Waals surface area contributed by atoms with Gasteiger partial charge < -0.3 is 30.0 Å². The summed E-state index contributed by atoms with van der Waals surface area (Å²) in [5.74, 6) is -2.03. The number of ether oxygens (including phenoxy) is 3. The van der Waals surface area contributed by atoms with Crippen molar-refractivity contribution in [1.29, 1.82) is 0 Å². The lowest BCUT2D eigenvalue weighted by Gasteiger charge is -2.13. The highest BCUT2D eigenvalue weighted by molar-refractivity contribution is 6.31. The molecule has 0 radical (unpaired) electrons. The van der Waals surface area contributed by atoms with E-state index in [4.69, 9.17) is 37.4 Å². The second-order valence-corrected chi connectivity index (χ2v) is 15.7. The summed E-state index contributed by atoms with van der Waals surface area (Å²) in [7, 11) is 3.80. The van der Waals surface area contributed by atoms with Gasteiger partial charge in [-0.3, -0.25) is 0 Å². The molecule has 0 unspecified atom stereocenters. The molecule has 6 heterocycles. The van der Waals surface area contributed by atoms with Crippen LogP contribution in [-0.2, 0) is 17.1 Å². The molecular weight excluding hydrogens is 989 g/mol. The van der Waals surface area contributed by atoms with Crippen LogP contribution in [0.5, 0.6) is 11.8 Å². The molecule has 0 aliphatic heterocycles. The minimum absolute atomic E-state index is 0.00420. The number of alkyl halides is 6. The van der Waals surface area contributed by atoms with Crippen LogP contribution in [0.25, 0.3) is 33.9 Å². The number of halogens is 8. The molecule has 8 rings (SSSR count). The van der Waals surface area contributed by atoms with Crippen molar-refractivity contribution in [3.05, 3.63) is 142 Å². The van der Waals surface area contributed by atoms with E-state index in [0.717, 1.165) is 45.0 Å². The third-order valence-electron chi connectivity index (χ3n) is 9.67. The average Bonchev–Trinajstić information content (AvgIpc) is 4.03. The van der Waals surface area contributed by atoms with Gasteiger partial charge in [-0.25, -0.2) is 38.9 Å². The summed E-state index contributed by atoms with van der Waals surface area (Å²) in [5.41, 5.74) is 1.41. The smallest absolute Gasteiger partial charge is 0.435 e. The van der Waals surface area contributed by atoms with Crippen LogP contribution < -0.4 is 20.1 Å². The van der Waals surface area contributed by atoms with Gasteiger partial charge in [-0.15, -0.1) is 0 Å². The van der Waals surface area contributed by atoms with Gasteiger partial charge in [-0.1, -0.05) is 23.2 Å². The first-order valence-electron chi connectivity index (χ1n) is 20.1. The Kier molecular flexibility index (Phi) is 14.7. The van der Waals surface area contributed by atoms with Gasteiger partial charge in [0.25, 0.3) is 0 Å². The Morgan fingerprint density at radius 3 is 1.39 bits per heavy atom. The highest BCUT2D eigenvalue weighted by atomic mass is 35.5. The molecule has 0 bridgehead atoms. The molecule has 2 aromatic carbocycles. The van der Waals surface area contributed by atoms with Crippen molar-refractivity contribution in [1.82, 2.24) is 49.5 Å². The molecule has 0 atom stereocenters. The number of carboxylic acids is 1. The molecule has 18 nitrogen and oxygen atoms in total. The number of rotatable bonds is 12. The lowest BCUT2D eigenvalue weighted by atomic mass is 10.1. The Balaban J connectivity index is 0.000000209. The van der Waals surface area contributed by atoms with Crippen molar-refractivity contribution in [3.63, 3.8) is 0 Å². The number of carboxylic acid groups (broad SMARTS) is 1. The Bertz CT molecular complexity index is 3260. The molecule has 0 amide bonds.